The highest BCUT2D eigenvalue weighted by Crippen LogP contribution is 2.64. The molecule has 5 nitrogen and oxygen atoms in total. The topological polar surface area (TPSA) is 65.7 Å². The number of hydrogen-bond acceptors (Lipinski definition) is 5. The summed E-state index contributed by atoms with van der Waals surface area (Å²) in [4.78, 5) is 25.2. The third-order valence-electron chi connectivity index (χ3n) is 6.95. The van der Waals surface area contributed by atoms with Crippen molar-refractivity contribution in [2.45, 2.75) is 64.6 Å². The fourth-order valence-corrected chi connectivity index (χ4v) is 5.79. The maximum absolute atomic E-state index is 13.4. The van der Waals surface area contributed by atoms with Crippen LogP contribution in [0.5, 0.6) is 11.5 Å². The van der Waals surface area contributed by atoms with E-state index in [1.54, 1.807) is 18.2 Å². The number of allylic oxidation sites excluding steroid dienone is 2. The van der Waals surface area contributed by atoms with Gasteiger partial charge in [-0.2, -0.15) is 0 Å². The molecule has 0 radical (unpaired) electrons. The molecule has 3 aliphatic rings. The highest BCUT2D eigenvalue weighted by molar-refractivity contribution is 5.96. The molecule has 1 fully saturated rings. The van der Waals surface area contributed by atoms with Gasteiger partial charge in [0, 0.05) is 29.5 Å². The Morgan fingerprint density at radius 1 is 1.17 bits per heavy atom. The molecule has 5 heteroatoms. The van der Waals surface area contributed by atoms with Crippen LogP contribution in [0.1, 0.15) is 58.9 Å². The molecule has 2 bridgehead atoms. The van der Waals surface area contributed by atoms with Crippen molar-refractivity contribution in [3.63, 3.8) is 0 Å². The van der Waals surface area contributed by atoms with Gasteiger partial charge in [-0.1, -0.05) is 5.57 Å². The van der Waals surface area contributed by atoms with Crippen molar-refractivity contribution in [1.29, 1.82) is 0 Å². The van der Waals surface area contributed by atoms with Crippen molar-refractivity contribution in [3.8, 4) is 11.5 Å². The molecule has 1 aromatic heterocycles. The lowest BCUT2D eigenvalue weighted by Gasteiger charge is -2.58. The van der Waals surface area contributed by atoms with Crippen molar-refractivity contribution in [2.75, 3.05) is 0 Å². The minimum atomic E-state index is -0.605. The van der Waals surface area contributed by atoms with Crippen molar-refractivity contribution >= 4 is 16.8 Å². The highest BCUT2D eigenvalue weighted by Gasteiger charge is 2.61. The largest absolute Gasteiger partial charge is 0.487 e. The van der Waals surface area contributed by atoms with Crippen LogP contribution in [-0.4, -0.2) is 17.0 Å². The maximum atomic E-state index is 13.4. The van der Waals surface area contributed by atoms with Crippen molar-refractivity contribution in [1.82, 2.24) is 0 Å². The summed E-state index contributed by atoms with van der Waals surface area (Å²) >= 11 is 0. The predicted octanol–water partition coefficient (Wildman–Crippen LogP) is 4.76. The Bertz CT molecular complexity index is 1130. The van der Waals surface area contributed by atoms with E-state index in [4.69, 9.17) is 13.9 Å². The van der Waals surface area contributed by atoms with Crippen LogP contribution in [0.3, 0.4) is 0 Å². The van der Waals surface area contributed by atoms with E-state index in [9.17, 15) is 9.59 Å². The Kier molecular flexibility index (Phi) is 3.66. The Morgan fingerprint density at radius 2 is 1.93 bits per heavy atom. The number of benzene rings is 1. The normalized spacial score (nSPS) is 30.9. The molecule has 3 heterocycles. The lowest BCUT2D eigenvalue weighted by Crippen LogP contribution is -2.60. The smallest absolute Gasteiger partial charge is 0.336 e. The second-order valence-corrected chi connectivity index (χ2v) is 9.68. The number of fused-ring (bicyclic) bond motifs is 3. The van der Waals surface area contributed by atoms with Gasteiger partial charge in [-0.05, 0) is 59.6 Å². The first-order valence-corrected chi connectivity index (χ1v) is 10.3. The minimum Gasteiger partial charge on any atom is -0.487 e. The van der Waals surface area contributed by atoms with Crippen LogP contribution in [-0.2, 0) is 4.79 Å². The molecule has 0 unspecified atom stereocenters. The summed E-state index contributed by atoms with van der Waals surface area (Å²) in [6, 6.07) is 4.96. The minimum absolute atomic E-state index is 0.00989. The zero-order chi connectivity index (χ0) is 20.7. The number of carbonyl (C=O) groups is 1. The summed E-state index contributed by atoms with van der Waals surface area (Å²) in [6.07, 6.45) is 3.46. The van der Waals surface area contributed by atoms with Crippen LogP contribution < -0.4 is 15.1 Å². The summed E-state index contributed by atoms with van der Waals surface area (Å²) < 4.78 is 18.5. The number of hydrogen-bond donors (Lipinski definition) is 0. The lowest BCUT2D eigenvalue weighted by molar-refractivity contribution is -0.143. The van der Waals surface area contributed by atoms with E-state index in [0.717, 1.165) is 29.4 Å². The standard InChI is InChI=1S/C24H26O5/c1-12(2)10-15(25)21-19-14-8-9-24(21,5)29-22-13-6-7-18(26)27-16(13)11-17(20(19)22)28-23(14,3)4/h6-7,10-11,14,19,21H,8-9H2,1-5H3/t14-,19+,21-,24+/m1/s1. The molecule has 2 aromatic rings. The first kappa shape index (κ1) is 18.5. The van der Waals surface area contributed by atoms with E-state index in [2.05, 4.69) is 13.8 Å². The summed E-state index contributed by atoms with van der Waals surface area (Å²) in [6.45, 7) is 10.1. The van der Waals surface area contributed by atoms with Crippen LogP contribution in [0.4, 0.5) is 0 Å². The van der Waals surface area contributed by atoms with E-state index >= 15 is 0 Å². The molecule has 5 rings (SSSR count). The van der Waals surface area contributed by atoms with Gasteiger partial charge < -0.3 is 13.9 Å². The van der Waals surface area contributed by atoms with Crippen molar-refractivity contribution in [2.24, 2.45) is 11.8 Å². The van der Waals surface area contributed by atoms with E-state index < -0.39 is 16.8 Å². The van der Waals surface area contributed by atoms with Gasteiger partial charge in [0.1, 0.15) is 28.3 Å². The summed E-state index contributed by atoms with van der Waals surface area (Å²) in [7, 11) is 0. The second-order valence-electron chi connectivity index (χ2n) is 9.68. The molecule has 0 N–H and O–H groups in total. The van der Waals surface area contributed by atoms with E-state index in [0.29, 0.717) is 17.1 Å². The van der Waals surface area contributed by atoms with Crippen LogP contribution in [0, 0.1) is 11.8 Å². The van der Waals surface area contributed by atoms with Crippen molar-refractivity contribution < 1.29 is 18.7 Å². The molecule has 0 spiro atoms. The highest BCUT2D eigenvalue weighted by atomic mass is 16.5. The van der Waals surface area contributed by atoms with E-state index in [1.807, 2.05) is 20.8 Å². The molecule has 152 valence electrons. The Hall–Kier alpha value is -2.56. The average molecular weight is 394 g/mol. The second kappa shape index (κ2) is 5.74. The monoisotopic (exact) mass is 394 g/mol. The Balaban J connectivity index is 1.84. The van der Waals surface area contributed by atoms with Crippen LogP contribution in [0.25, 0.3) is 11.0 Å². The zero-order valence-electron chi connectivity index (χ0n) is 17.5. The van der Waals surface area contributed by atoms with Gasteiger partial charge in [-0.15, -0.1) is 0 Å². The molecular formula is C24H26O5. The number of rotatable bonds is 2. The summed E-state index contributed by atoms with van der Waals surface area (Å²) in [5.41, 5.74) is 0.958. The molecular weight excluding hydrogens is 368 g/mol. The molecule has 0 amide bonds. The van der Waals surface area contributed by atoms with Gasteiger partial charge in [0.05, 0.1) is 11.3 Å². The average Bonchev–Trinajstić information content (AvgIpc) is 2.58. The molecule has 1 saturated carbocycles. The third kappa shape index (κ3) is 2.52. The Labute approximate surface area is 169 Å². The fraction of sp³-hybridized carbons (Fsp3) is 0.500. The van der Waals surface area contributed by atoms with Gasteiger partial charge in [-0.25, -0.2) is 4.79 Å². The Morgan fingerprint density at radius 3 is 2.66 bits per heavy atom. The predicted molar refractivity (Wildman–Crippen MR) is 110 cm³/mol. The summed E-state index contributed by atoms with van der Waals surface area (Å²) in [5.74, 6) is 1.44. The summed E-state index contributed by atoms with van der Waals surface area (Å²) in [5, 5.41) is 0.761. The molecule has 4 atom stereocenters. The number of carbonyl (C=O) groups excluding carboxylic acids is 1. The molecule has 2 aliphatic heterocycles. The van der Waals surface area contributed by atoms with Gasteiger partial charge >= 0.3 is 5.63 Å². The van der Waals surface area contributed by atoms with E-state index in [1.165, 1.54) is 6.07 Å². The van der Waals surface area contributed by atoms with Crippen LogP contribution >= 0.6 is 0 Å². The number of ketones is 1. The maximum Gasteiger partial charge on any atom is 0.336 e. The molecule has 29 heavy (non-hydrogen) atoms. The molecule has 1 aromatic carbocycles. The fourth-order valence-electron chi connectivity index (χ4n) is 5.79. The number of ether oxygens (including phenoxy) is 2. The van der Waals surface area contributed by atoms with E-state index in [-0.39, 0.29) is 23.5 Å². The quantitative estimate of drug-likeness (QED) is 0.543. The van der Waals surface area contributed by atoms with Crippen molar-refractivity contribution in [3.05, 3.63) is 45.8 Å². The molecule has 0 saturated heterocycles. The van der Waals surface area contributed by atoms with Gasteiger partial charge in [0.25, 0.3) is 0 Å². The van der Waals surface area contributed by atoms with Crippen LogP contribution in [0.2, 0.25) is 0 Å². The third-order valence-corrected chi connectivity index (χ3v) is 6.95. The first-order chi connectivity index (χ1) is 13.6. The van der Waals surface area contributed by atoms with Crippen LogP contribution in [0.15, 0.2) is 39.1 Å². The van der Waals surface area contributed by atoms with Gasteiger partial charge in [0.15, 0.2) is 5.78 Å². The van der Waals surface area contributed by atoms with Gasteiger partial charge in [-0.3, -0.25) is 4.79 Å². The lowest BCUT2D eigenvalue weighted by atomic mass is 9.55. The zero-order valence-corrected chi connectivity index (χ0v) is 17.5. The molecule has 1 aliphatic carbocycles. The first-order valence-electron chi connectivity index (χ1n) is 10.3. The SMILES string of the molecule is CC(C)=CC(=O)[C@@H]1[C@@H]2c3c4cc5oc(=O)ccc5c3O[C@@]1(C)CC[C@H]2C(C)(C)O4. The van der Waals surface area contributed by atoms with Gasteiger partial charge in [0.2, 0.25) is 0 Å².